The Morgan fingerprint density at radius 2 is 1.63 bits per heavy atom. The molecular weight excluding hydrogens is 389 g/mol. The third kappa shape index (κ3) is 5.31. The molecule has 2 rings (SSSR count). The lowest BCUT2D eigenvalue weighted by Gasteiger charge is -2.16. The Labute approximate surface area is 169 Å². The van der Waals surface area contributed by atoms with Gasteiger partial charge in [0.25, 0.3) is 0 Å². The molecule has 0 aliphatic carbocycles. The molecule has 0 heterocycles. The number of carbonyl (C=O) groups is 1. The number of ether oxygens (including phenoxy) is 3. The van der Waals surface area contributed by atoms with Gasteiger partial charge in [-0.25, -0.2) is 0 Å². The maximum atomic E-state index is 12.4. The van der Waals surface area contributed by atoms with E-state index in [0.29, 0.717) is 33.8 Å². The average molecular weight is 410 g/mol. The van der Waals surface area contributed by atoms with Crippen molar-refractivity contribution in [2.45, 2.75) is 6.54 Å². The Kier molecular flexibility index (Phi) is 7.39. The van der Waals surface area contributed by atoms with Gasteiger partial charge in [-0.05, 0) is 41.5 Å². The molecule has 0 aliphatic heterocycles. The van der Waals surface area contributed by atoms with Crippen molar-refractivity contribution in [2.75, 3.05) is 28.4 Å². The van der Waals surface area contributed by atoms with E-state index < -0.39 is 0 Å². The molecule has 2 aromatic rings. The van der Waals surface area contributed by atoms with Crippen molar-refractivity contribution in [3.63, 3.8) is 0 Å². The topological polar surface area (TPSA) is 48.0 Å². The molecule has 0 saturated carbocycles. The summed E-state index contributed by atoms with van der Waals surface area (Å²) in [7, 11) is 6.34. The van der Waals surface area contributed by atoms with Crippen molar-refractivity contribution in [3.8, 4) is 17.2 Å². The molecule has 0 radical (unpaired) electrons. The summed E-state index contributed by atoms with van der Waals surface area (Å²) in [5.74, 6) is 1.39. The van der Waals surface area contributed by atoms with E-state index in [1.165, 1.54) is 13.2 Å². The van der Waals surface area contributed by atoms with E-state index >= 15 is 0 Å². The second-order valence-corrected chi connectivity index (χ2v) is 6.55. The Morgan fingerprint density at radius 1 is 1.00 bits per heavy atom. The highest BCUT2D eigenvalue weighted by atomic mass is 35.5. The van der Waals surface area contributed by atoms with Crippen LogP contribution in [0.25, 0.3) is 6.08 Å². The quantitative estimate of drug-likeness (QED) is 0.622. The minimum Gasteiger partial charge on any atom is -0.493 e. The van der Waals surface area contributed by atoms with Crippen LogP contribution in [0.3, 0.4) is 0 Å². The summed E-state index contributed by atoms with van der Waals surface area (Å²) in [5, 5.41) is 0.944. The van der Waals surface area contributed by atoms with Gasteiger partial charge in [-0.1, -0.05) is 29.3 Å². The molecule has 27 heavy (non-hydrogen) atoms. The van der Waals surface area contributed by atoms with Crippen LogP contribution in [0.1, 0.15) is 11.1 Å². The van der Waals surface area contributed by atoms with Crippen molar-refractivity contribution in [1.29, 1.82) is 0 Å². The smallest absolute Gasteiger partial charge is 0.246 e. The van der Waals surface area contributed by atoms with E-state index in [2.05, 4.69) is 0 Å². The molecule has 0 saturated heterocycles. The summed E-state index contributed by atoms with van der Waals surface area (Å²) in [4.78, 5) is 14.0. The normalized spacial score (nSPS) is 10.7. The summed E-state index contributed by atoms with van der Waals surface area (Å²) in [6.45, 7) is 0.412. The van der Waals surface area contributed by atoms with Crippen LogP contribution < -0.4 is 14.2 Å². The molecular formula is C20H21Cl2NO4. The molecule has 0 unspecified atom stereocenters. The van der Waals surface area contributed by atoms with Crippen LogP contribution in [0.2, 0.25) is 10.0 Å². The highest BCUT2D eigenvalue weighted by Gasteiger charge is 2.13. The zero-order valence-electron chi connectivity index (χ0n) is 15.6. The molecule has 1 amide bonds. The van der Waals surface area contributed by atoms with E-state index in [1.807, 2.05) is 6.07 Å². The predicted octanol–water partition coefficient (Wildman–Crippen LogP) is 4.69. The van der Waals surface area contributed by atoms with E-state index in [0.717, 1.165) is 11.1 Å². The standard InChI is InChI=1S/C20H21Cl2NO4/c1-23(12-14-5-7-15(21)16(22)9-14)19(24)8-6-13-10-17(25-2)20(27-4)18(11-13)26-3/h5-11H,12H2,1-4H3/b8-6+. The minimum atomic E-state index is -0.158. The van der Waals surface area contributed by atoms with Crippen LogP contribution in [0.5, 0.6) is 17.2 Å². The number of carbonyl (C=O) groups excluding carboxylic acids is 1. The monoisotopic (exact) mass is 409 g/mol. The Balaban J connectivity index is 2.14. The largest absolute Gasteiger partial charge is 0.493 e. The van der Waals surface area contributed by atoms with Gasteiger partial charge in [-0.2, -0.15) is 0 Å². The first-order valence-corrected chi connectivity index (χ1v) is 8.82. The molecule has 5 nitrogen and oxygen atoms in total. The fourth-order valence-corrected chi connectivity index (χ4v) is 2.80. The fraction of sp³-hybridized carbons (Fsp3) is 0.250. The Morgan fingerprint density at radius 3 is 2.15 bits per heavy atom. The lowest BCUT2D eigenvalue weighted by Crippen LogP contribution is -2.24. The van der Waals surface area contributed by atoms with Crippen molar-refractivity contribution in [2.24, 2.45) is 0 Å². The zero-order valence-corrected chi connectivity index (χ0v) is 17.1. The van der Waals surface area contributed by atoms with E-state index in [-0.39, 0.29) is 5.91 Å². The number of methoxy groups -OCH3 is 3. The summed E-state index contributed by atoms with van der Waals surface area (Å²) in [6, 6.07) is 8.83. The summed E-state index contributed by atoms with van der Waals surface area (Å²) in [6.07, 6.45) is 3.18. The molecule has 0 atom stereocenters. The second-order valence-electron chi connectivity index (χ2n) is 5.73. The third-order valence-corrected chi connectivity index (χ3v) is 4.62. The first-order valence-electron chi connectivity index (χ1n) is 8.06. The molecule has 0 N–H and O–H groups in total. The number of hydrogen-bond donors (Lipinski definition) is 0. The van der Waals surface area contributed by atoms with Gasteiger partial charge >= 0.3 is 0 Å². The van der Waals surface area contributed by atoms with Gasteiger partial charge in [0.15, 0.2) is 11.5 Å². The first-order chi connectivity index (χ1) is 12.9. The summed E-state index contributed by atoms with van der Waals surface area (Å²) in [5.41, 5.74) is 1.64. The summed E-state index contributed by atoms with van der Waals surface area (Å²) >= 11 is 11.9. The van der Waals surface area contributed by atoms with Gasteiger partial charge in [0, 0.05) is 19.7 Å². The SMILES string of the molecule is COc1cc(/C=C/C(=O)N(C)Cc2ccc(Cl)c(Cl)c2)cc(OC)c1OC. The van der Waals surface area contributed by atoms with Crippen molar-refractivity contribution in [3.05, 3.63) is 57.6 Å². The average Bonchev–Trinajstić information content (AvgIpc) is 2.67. The summed E-state index contributed by atoms with van der Waals surface area (Å²) < 4.78 is 15.9. The molecule has 2 aromatic carbocycles. The van der Waals surface area contributed by atoms with E-state index in [9.17, 15) is 4.79 Å². The third-order valence-electron chi connectivity index (χ3n) is 3.89. The van der Waals surface area contributed by atoms with Crippen LogP contribution >= 0.6 is 23.2 Å². The lowest BCUT2D eigenvalue weighted by molar-refractivity contribution is -0.125. The Hall–Kier alpha value is -2.37. The Bertz CT molecular complexity index is 827. The second kappa shape index (κ2) is 9.53. The predicted molar refractivity (Wildman–Crippen MR) is 108 cm³/mol. The first kappa shape index (κ1) is 20.9. The minimum absolute atomic E-state index is 0.158. The van der Waals surface area contributed by atoms with Crippen LogP contribution in [0.4, 0.5) is 0 Å². The number of rotatable bonds is 7. The number of amides is 1. The zero-order chi connectivity index (χ0) is 20.0. The number of likely N-dealkylation sites (N-methyl/N-ethyl adjacent to an activating group) is 1. The van der Waals surface area contributed by atoms with Gasteiger partial charge in [0.2, 0.25) is 11.7 Å². The van der Waals surface area contributed by atoms with Gasteiger partial charge in [-0.3, -0.25) is 4.79 Å². The number of halogens is 2. The molecule has 7 heteroatoms. The molecule has 0 bridgehead atoms. The van der Waals surface area contributed by atoms with Crippen LogP contribution in [0.15, 0.2) is 36.4 Å². The van der Waals surface area contributed by atoms with Gasteiger partial charge in [-0.15, -0.1) is 0 Å². The number of hydrogen-bond acceptors (Lipinski definition) is 4. The van der Waals surface area contributed by atoms with Crippen LogP contribution in [-0.4, -0.2) is 39.2 Å². The fourth-order valence-electron chi connectivity index (χ4n) is 2.48. The molecule has 144 valence electrons. The van der Waals surface area contributed by atoms with Gasteiger partial charge in [0.1, 0.15) is 0 Å². The van der Waals surface area contributed by atoms with Crippen molar-refractivity contribution >= 4 is 35.2 Å². The molecule has 0 spiro atoms. The van der Waals surface area contributed by atoms with Crippen LogP contribution in [-0.2, 0) is 11.3 Å². The van der Waals surface area contributed by atoms with E-state index in [4.69, 9.17) is 37.4 Å². The van der Waals surface area contributed by atoms with Crippen molar-refractivity contribution < 1.29 is 19.0 Å². The maximum Gasteiger partial charge on any atom is 0.246 e. The van der Waals surface area contributed by atoms with Gasteiger partial charge in [0.05, 0.1) is 31.4 Å². The van der Waals surface area contributed by atoms with Crippen LogP contribution in [0, 0.1) is 0 Å². The molecule has 0 aliphatic rings. The van der Waals surface area contributed by atoms with E-state index in [1.54, 1.807) is 56.5 Å². The highest BCUT2D eigenvalue weighted by molar-refractivity contribution is 6.42. The highest BCUT2D eigenvalue weighted by Crippen LogP contribution is 2.38. The maximum absolute atomic E-state index is 12.4. The van der Waals surface area contributed by atoms with Crippen molar-refractivity contribution in [1.82, 2.24) is 4.90 Å². The lowest BCUT2D eigenvalue weighted by atomic mass is 10.1. The molecule has 0 fully saturated rings. The number of nitrogens with zero attached hydrogens (tertiary/aromatic N) is 1. The number of benzene rings is 2. The van der Waals surface area contributed by atoms with Gasteiger partial charge < -0.3 is 19.1 Å². The molecule has 0 aromatic heterocycles.